The molecule has 0 atom stereocenters. The second kappa shape index (κ2) is 4.19. The van der Waals surface area contributed by atoms with Crippen LogP contribution in [0.15, 0.2) is 0 Å². The van der Waals surface area contributed by atoms with E-state index in [0.29, 0.717) is 0 Å². The zero-order valence-electron chi connectivity index (χ0n) is 9.39. The van der Waals surface area contributed by atoms with E-state index in [4.69, 9.17) is 0 Å². The summed E-state index contributed by atoms with van der Waals surface area (Å²) in [4.78, 5) is 8.06. The van der Waals surface area contributed by atoms with Crippen LogP contribution in [0.5, 0.6) is 0 Å². The van der Waals surface area contributed by atoms with Crippen LogP contribution in [0.3, 0.4) is 0 Å². The first-order valence-electron chi connectivity index (χ1n) is 4.59. The number of aromatic nitrogens is 1. The molecule has 0 aliphatic carbocycles. The average Bonchev–Trinajstić information content (AvgIpc) is 2.46. The largest absolute Gasteiger partial charge is 0.354 e. The van der Waals surface area contributed by atoms with Gasteiger partial charge in [-0.1, -0.05) is 36.7 Å². The maximum Gasteiger partial charge on any atom is 0.185 e. The van der Waals surface area contributed by atoms with Crippen molar-refractivity contribution in [1.82, 2.24) is 4.98 Å². The van der Waals surface area contributed by atoms with Crippen molar-refractivity contribution in [2.75, 3.05) is 19.0 Å². The molecular weight excluding hydrogens is 260 g/mol. The molecule has 0 saturated heterocycles. The van der Waals surface area contributed by atoms with Crippen LogP contribution >= 0.6 is 27.3 Å². The predicted octanol–water partition coefficient (Wildman–Crippen LogP) is 3.40. The molecule has 1 rings (SSSR count). The number of rotatable bonds is 2. The Kier molecular flexibility index (Phi) is 3.58. The number of hydrogen-bond acceptors (Lipinski definition) is 3. The number of alkyl halides is 1. The van der Waals surface area contributed by atoms with E-state index in [-0.39, 0.29) is 5.41 Å². The molecule has 0 bridgehead atoms. The molecule has 0 aliphatic rings. The summed E-state index contributed by atoms with van der Waals surface area (Å²) >= 11 is 5.28. The van der Waals surface area contributed by atoms with Gasteiger partial charge >= 0.3 is 0 Å². The Bertz CT molecular complexity index is 312. The fraction of sp³-hybridized carbons (Fsp3) is 0.700. The van der Waals surface area contributed by atoms with Crippen molar-refractivity contribution in [1.29, 1.82) is 0 Å². The highest BCUT2D eigenvalue weighted by Gasteiger charge is 2.22. The van der Waals surface area contributed by atoms with E-state index in [1.54, 1.807) is 11.3 Å². The molecule has 0 amide bonds. The zero-order valence-corrected chi connectivity index (χ0v) is 11.8. The summed E-state index contributed by atoms with van der Waals surface area (Å²) in [7, 11) is 4.06. The maximum absolute atomic E-state index is 4.67. The molecule has 0 aliphatic heterocycles. The number of halogens is 1. The van der Waals surface area contributed by atoms with Crippen LogP contribution in [0, 0.1) is 0 Å². The lowest BCUT2D eigenvalue weighted by Gasteiger charge is -2.16. The second-order valence-corrected chi connectivity index (χ2v) is 6.17. The summed E-state index contributed by atoms with van der Waals surface area (Å²) < 4.78 is 0. The van der Waals surface area contributed by atoms with E-state index in [2.05, 4.69) is 46.6 Å². The molecule has 0 saturated carbocycles. The number of thiazole rings is 1. The van der Waals surface area contributed by atoms with E-state index in [0.717, 1.165) is 10.5 Å². The Hall–Kier alpha value is -0.0900. The van der Waals surface area contributed by atoms with E-state index in [1.165, 1.54) is 10.6 Å². The molecule has 4 heteroatoms. The van der Waals surface area contributed by atoms with Crippen molar-refractivity contribution < 1.29 is 0 Å². The summed E-state index contributed by atoms with van der Waals surface area (Å²) in [5.74, 6) is 0. The Labute approximate surface area is 98.5 Å². The van der Waals surface area contributed by atoms with Crippen LogP contribution in [0.2, 0.25) is 0 Å². The molecule has 0 spiro atoms. The molecule has 14 heavy (non-hydrogen) atoms. The standard InChI is InChI=1S/C10H17BrN2S/c1-10(2,3)8-7(6-11)14-9(12-8)13(4)5/h6H2,1-5H3. The van der Waals surface area contributed by atoms with Gasteiger partial charge in [-0.15, -0.1) is 11.3 Å². The molecule has 1 heterocycles. The third-order valence-corrected chi connectivity index (χ3v) is 4.06. The Morgan fingerprint density at radius 3 is 2.21 bits per heavy atom. The lowest BCUT2D eigenvalue weighted by molar-refractivity contribution is 0.569. The molecule has 1 aromatic rings. The SMILES string of the molecule is CN(C)c1nc(C(C)(C)C)c(CBr)s1. The van der Waals surface area contributed by atoms with E-state index >= 15 is 0 Å². The Morgan fingerprint density at radius 2 is 1.93 bits per heavy atom. The zero-order chi connectivity index (χ0) is 10.9. The van der Waals surface area contributed by atoms with E-state index in [9.17, 15) is 0 Å². The van der Waals surface area contributed by atoms with Crippen LogP contribution in [0.25, 0.3) is 0 Å². The number of nitrogens with zero attached hydrogens (tertiary/aromatic N) is 2. The van der Waals surface area contributed by atoms with Gasteiger partial charge in [-0.2, -0.15) is 0 Å². The summed E-state index contributed by atoms with van der Waals surface area (Å²) in [6.07, 6.45) is 0. The predicted molar refractivity (Wildman–Crippen MR) is 67.8 cm³/mol. The summed E-state index contributed by atoms with van der Waals surface area (Å²) in [6, 6.07) is 0. The highest BCUT2D eigenvalue weighted by Crippen LogP contribution is 2.34. The minimum absolute atomic E-state index is 0.133. The van der Waals surface area contributed by atoms with Crippen LogP contribution in [-0.2, 0) is 10.7 Å². The fourth-order valence-electron chi connectivity index (χ4n) is 1.21. The maximum atomic E-state index is 4.67. The molecule has 0 aromatic carbocycles. The Morgan fingerprint density at radius 1 is 1.36 bits per heavy atom. The number of anilines is 1. The molecule has 0 radical (unpaired) electrons. The van der Waals surface area contributed by atoms with Gasteiger partial charge < -0.3 is 4.90 Å². The molecule has 0 fully saturated rings. The summed E-state index contributed by atoms with van der Waals surface area (Å²) in [5, 5.41) is 1.98. The van der Waals surface area contributed by atoms with Crippen molar-refractivity contribution in [2.24, 2.45) is 0 Å². The molecular formula is C10H17BrN2S. The van der Waals surface area contributed by atoms with Crippen molar-refractivity contribution in [3.63, 3.8) is 0 Å². The highest BCUT2D eigenvalue weighted by atomic mass is 79.9. The van der Waals surface area contributed by atoms with E-state index < -0.39 is 0 Å². The molecule has 2 nitrogen and oxygen atoms in total. The molecule has 0 unspecified atom stereocenters. The quantitative estimate of drug-likeness (QED) is 0.770. The fourth-order valence-corrected chi connectivity index (χ4v) is 2.86. The molecule has 0 N–H and O–H groups in total. The van der Waals surface area contributed by atoms with Crippen LogP contribution in [0.1, 0.15) is 31.3 Å². The first kappa shape index (κ1) is 12.0. The van der Waals surface area contributed by atoms with Gasteiger partial charge in [-0.3, -0.25) is 0 Å². The first-order chi connectivity index (χ1) is 6.36. The molecule has 1 aromatic heterocycles. The smallest absolute Gasteiger partial charge is 0.185 e. The van der Waals surface area contributed by atoms with Crippen LogP contribution < -0.4 is 4.90 Å². The Balaban J connectivity index is 3.16. The number of hydrogen-bond donors (Lipinski definition) is 0. The van der Waals surface area contributed by atoms with Gasteiger partial charge in [0.1, 0.15) is 0 Å². The van der Waals surface area contributed by atoms with Gasteiger partial charge in [-0.25, -0.2) is 4.98 Å². The lowest BCUT2D eigenvalue weighted by Crippen LogP contribution is -2.15. The second-order valence-electron chi connectivity index (χ2n) is 4.55. The monoisotopic (exact) mass is 276 g/mol. The topological polar surface area (TPSA) is 16.1 Å². The minimum Gasteiger partial charge on any atom is -0.354 e. The third-order valence-electron chi connectivity index (χ3n) is 1.90. The van der Waals surface area contributed by atoms with Gasteiger partial charge in [0.15, 0.2) is 5.13 Å². The third kappa shape index (κ3) is 2.48. The van der Waals surface area contributed by atoms with Crippen molar-refractivity contribution in [3.8, 4) is 0 Å². The van der Waals surface area contributed by atoms with Crippen LogP contribution in [-0.4, -0.2) is 19.1 Å². The van der Waals surface area contributed by atoms with Crippen molar-refractivity contribution in [3.05, 3.63) is 10.6 Å². The lowest BCUT2D eigenvalue weighted by atomic mass is 9.92. The van der Waals surface area contributed by atoms with Gasteiger partial charge in [0, 0.05) is 29.7 Å². The molecule has 80 valence electrons. The van der Waals surface area contributed by atoms with Crippen molar-refractivity contribution >= 4 is 32.4 Å². The first-order valence-corrected chi connectivity index (χ1v) is 6.53. The highest BCUT2D eigenvalue weighted by molar-refractivity contribution is 9.08. The van der Waals surface area contributed by atoms with Gasteiger partial charge in [0.25, 0.3) is 0 Å². The summed E-state index contributed by atoms with van der Waals surface area (Å²) in [6.45, 7) is 6.61. The summed E-state index contributed by atoms with van der Waals surface area (Å²) in [5.41, 5.74) is 1.34. The van der Waals surface area contributed by atoms with Gasteiger partial charge in [0.05, 0.1) is 5.69 Å². The van der Waals surface area contributed by atoms with Crippen molar-refractivity contribution in [2.45, 2.75) is 31.5 Å². The minimum atomic E-state index is 0.133. The van der Waals surface area contributed by atoms with E-state index in [1.807, 2.05) is 14.1 Å². The normalized spacial score (nSPS) is 11.9. The van der Waals surface area contributed by atoms with Gasteiger partial charge in [0.2, 0.25) is 0 Å². The average molecular weight is 277 g/mol. The van der Waals surface area contributed by atoms with Crippen LogP contribution in [0.4, 0.5) is 5.13 Å². The van der Waals surface area contributed by atoms with Gasteiger partial charge in [-0.05, 0) is 0 Å².